The molecule has 100 valence electrons. The van der Waals surface area contributed by atoms with Crippen LogP contribution in [-0.2, 0) is 4.79 Å². The average Bonchev–Trinajstić information content (AvgIpc) is 2.56. The predicted octanol–water partition coefficient (Wildman–Crippen LogP) is 2.27. The molecule has 1 aliphatic rings. The van der Waals surface area contributed by atoms with E-state index in [2.05, 4.69) is 39.9 Å². The molecule has 0 radical (unpaired) electrons. The summed E-state index contributed by atoms with van der Waals surface area (Å²) in [5, 5.41) is 3.33. The van der Waals surface area contributed by atoms with Crippen molar-refractivity contribution in [2.75, 3.05) is 19.6 Å². The second-order valence-corrected chi connectivity index (χ2v) is 6.35. The predicted molar refractivity (Wildman–Crippen MR) is 71.9 cm³/mol. The second kappa shape index (κ2) is 5.85. The first kappa shape index (κ1) is 14.5. The number of hydrogen-bond acceptors (Lipinski definition) is 2. The molecule has 1 saturated heterocycles. The zero-order valence-electron chi connectivity index (χ0n) is 12.0. The molecule has 0 aromatic rings. The van der Waals surface area contributed by atoms with Gasteiger partial charge in [-0.25, -0.2) is 0 Å². The number of carbonyl (C=O) groups is 1. The molecule has 3 heteroatoms. The first-order valence-electron chi connectivity index (χ1n) is 6.88. The van der Waals surface area contributed by atoms with Gasteiger partial charge in [-0.2, -0.15) is 0 Å². The molecule has 0 aromatic carbocycles. The monoisotopic (exact) mass is 240 g/mol. The van der Waals surface area contributed by atoms with Crippen molar-refractivity contribution in [2.45, 2.75) is 53.5 Å². The van der Waals surface area contributed by atoms with Crippen molar-refractivity contribution in [2.24, 2.45) is 11.3 Å². The maximum Gasteiger partial charge on any atom is 0.239 e. The third kappa shape index (κ3) is 3.98. The van der Waals surface area contributed by atoms with Crippen molar-refractivity contribution >= 4 is 5.91 Å². The molecule has 0 aromatic heterocycles. The lowest BCUT2D eigenvalue weighted by atomic mass is 9.82. The van der Waals surface area contributed by atoms with Crippen molar-refractivity contribution in [3.63, 3.8) is 0 Å². The molecule has 1 heterocycles. The Hall–Kier alpha value is -0.570. The lowest BCUT2D eigenvalue weighted by Gasteiger charge is -2.31. The van der Waals surface area contributed by atoms with E-state index in [0.717, 1.165) is 32.5 Å². The van der Waals surface area contributed by atoms with Crippen LogP contribution >= 0.6 is 0 Å². The molecule has 3 nitrogen and oxygen atoms in total. The Morgan fingerprint density at radius 1 is 1.47 bits per heavy atom. The molecule has 0 spiro atoms. The van der Waals surface area contributed by atoms with E-state index >= 15 is 0 Å². The Kier molecular flexibility index (Phi) is 4.99. The van der Waals surface area contributed by atoms with Gasteiger partial charge < -0.3 is 10.2 Å². The highest BCUT2D eigenvalue weighted by molar-refractivity contribution is 5.83. The summed E-state index contributed by atoms with van der Waals surface area (Å²) in [7, 11) is 0. The van der Waals surface area contributed by atoms with E-state index in [1.807, 2.05) is 4.90 Å². The van der Waals surface area contributed by atoms with Gasteiger partial charge in [0.25, 0.3) is 0 Å². The summed E-state index contributed by atoms with van der Waals surface area (Å²) in [6.45, 7) is 13.8. The molecule has 0 saturated carbocycles. The van der Waals surface area contributed by atoms with Crippen LogP contribution in [0.15, 0.2) is 0 Å². The van der Waals surface area contributed by atoms with Crippen LogP contribution in [0.3, 0.4) is 0 Å². The fourth-order valence-electron chi connectivity index (χ4n) is 2.03. The van der Waals surface area contributed by atoms with Crippen molar-refractivity contribution < 1.29 is 4.79 Å². The third-order valence-electron chi connectivity index (χ3n) is 3.91. The highest BCUT2D eigenvalue weighted by Gasteiger charge is 2.33. The molecule has 0 aliphatic carbocycles. The normalized spacial score (nSPS) is 23.2. The summed E-state index contributed by atoms with van der Waals surface area (Å²) in [6.07, 6.45) is 2.05. The minimum absolute atomic E-state index is 0.0714. The quantitative estimate of drug-likeness (QED) is 0.799. The number of nitrogens with zero attached hydrogens (tertiary/aromatic N) is 1. The van der Waals surface area contributed by atoms with E-state index in [0.29, 0.717) is 11.8 Å². The average molecular weight is 240 g/mol. The fraction of sp³-hybridized carbons (Fsp3) is 0.929. The maximum atomic E-state index is 12.1. The van der Waals surface area contributed by atoms with Crippen molar-refractivity contribution in [3.05, 3.63) is 0 Å². The molecule has 1 aliphatic heterocycles. The smallest absolute Gasteiger partial charge is 0.239 e. The van der Waals surface area contributed by atoms with Crippen LogP contribution in [-0.4, -0.2) is 36.5 Å². The SMILES string of the molecule is CCCNC1CCN(CC(C)C(C)(C)C)C1=O. The van der Waals surface area contributed by atoms with Crippen LogP contribution in [0.25, 0.3) is 0 Å². The minimum atomic E-state index is 0.0714. The molecule has 1 amide bonds. The first-order valence-corrected chi connectivity index (χ1v) is 6.88. The van der Waals surface area contributed by atoms with E-state index in [9.17, 15) is 4.79 Å². The summed E-state index contributed by atoms with van der Waals surface area (Å²) >= 11 is 0. The molecular weight excluding hydrogens is 212 g/mol. The highest BCUT2D eigenvalue weighted by Crippen LogP contribution is 2.27. The molecule has 17 heavy (non-hydrogen) atoms. The Balaban J connectivity index is 2.45. The van der Waals surface area contributed by atoms with Gasteiger partial charge in [0.05, 0.1) is 6.04 Å². The number of rotatable bonds is 5. The van der Waals surface area contributed by atoms with E-state index in [4.69, 9.17) is 0 Å². The molecule has 1 rings (SSSR count). The summed E-state index contributed by atoms with van der Waals surface area (Å²) in [5.41, 5.74) is 0.273. The molecular formula is C14H28N2O. The lowest BCUT2D eigenvalue weighted by molar-refractivity contribution is -0.130. The van der Waals surface area contributed by atoms with Gasteiger partial charge in [-0.05, 0) is 30.7 Å². The van der Waals surface area contributed by atoms with Gasteiger partial charge >= 0.3 is 0 Å². The molecule has 0 bridgehead atoms. The van der Waals surface area contributed by atoms with Gasteiger partial charge in [0.15, 0.2) is 0 Å². The van der Waals surface area contributed by atoms with Gasteiger partial charge in [0.1, 0.15) is 0 Å². The second-order valence-electron chi connectivity index (χ2n) is 6.35. The van der Waals surface area contributed by atoms with Gasteiger partial charge in [0.2, 0.25) is 5.91 Å². The van der Waals surface area contributed by atoms with Crippen LogP contribution in [0, 0.1) is 11.3 Å². The van der Waals surface area contributed by atoms with Crippen LogP contribution in [0.1, 0.15) is 47.5 Å². The minimum Gasteiger partial charge on any atom is -0.341 e. The van der Waals surface area contributed by atoms with Crippen molar-refractivity contribution in [1.29, 1.82) is 0 Å². The Morgan fingerprint density at radius 2 is 2.12 bits per heavy atom. The Morgan fingerprint density at radius 3 is 2.65 bits per heavy atom. The topological polar surface area (TPSA) is 32.3 Å². The zero-order valence-corrected chi connectivity index (χ0v) is 12.0. The summed E-state index contributed by atoms with van der Waals surface area (Å²) in [4.78, 5) is 14.2. The number of amides is 1. The number of likely N-dealkylation sites (tertiary alicyclic amines) is 1. The van der Waals surface area contributed by atoms with Gasteiger partial charge in [0, 0.05) is 13.1 Å². The molecule has 1 N–H and O–H groups in total. The van der Waals surface area contributed by atoms with Gasteiger partial charge in [-0.15, -0.1) is 0 Å². The zero-order chi connectivity index (χ0) is 13.1. The van der Waals surface area contributed by atoms with Crippen LogP contribution in [0.4, 0.5) is 0 Å². The van der Waals surface area contributed by atoms with E-state index in [1.165, 1.54) is 0 Å². The Bertz CT molecular complexity index is 257. The van der Waals surface area contributed by atoms with Crippen LogP contribution in [0.5, 0.6) is 0 Å². The number of carbonyl (C=O) groups excluding carboxylic acids is 1. The van der Waals surface area contributed by atoms with Crippen molar-refractivity contribution in [3.8, 4) is 0 Å². The third-order valence-corrected chi connectivity index (χ3v) is 3.91. The van der Waals surface area contributed by atoms with Gasteiger partial charge in [-0.3, -0.25) is 4.79 Å². The fourth-order valence-corrected chi connectivity index (χ4v) is 2.03. The maximum absolute atomic E-state index is 12.1. The van der Waals surface area contributed by atoms with Crippen LogP contribution < -0.4 is 5.32 Å². The summed E-state index contributed by atoms with van der Waals surface area (Å²) < 4.78 is 0. The highest BCUT2D eigenvalue weighted by atomic mass is 16.2. The molecule has 2 atom stereocenters. The largest absolute Gasteiger partial charge is 0.341 e. The first-order chi connectivity index (χ1) is 7.86. The van der Waals surface area contributed by atoms with E-state index in [-0.39, 0.29) is 11.5 Å². The molecule has 1 fully saturated rings. The van der Waals surface area contributed by atoms with Gasteiger partial charge in [-0.1, -0.05) is 34.6 Å². The van der Waals surface area contributed by atoms with E-state index in [1.54, 1.807) is 0 Å². The lowest BCUT2D eigenvalue weighted by Crippen LogP contribution is -2.41. The summed E-state index contributed by atoms with van der Waals surface area (Å²) in [5.74, 6) is 0.839. The standard InChI is InChI=1S/C14H28N2O/c1-6-8-15-12-7-9-16(13(12)17)10-11(2)14(3,4)5/h11-12,15H,6-10H2,1-5H3. The van der Waals surface area contributed by atoms with Crippen molar-refractivity contribution in [1.82, 2.24) is 10.2 Å². The summed E-state index contributed by atoms with van der Waals surface area (Å²) in [6, 6.07) is 0.0714. The van der Waals surface area contributed by atoms with E-state index < -0.39 is 0 Å². The Labute approximate surface area is 106 Å². The number of nitrogens with one attached hydrogen (secondary N) is 1. The molecule has 2 unspecified atom stereocenters. The van der Waals surface area contributed by atoms with Crippen LogP contribution in [0.2, 0.25) is 0 Å². The number of hydrogen-bond donors (Lipinski definition) is 1.